The van der Waals surface area contributed by atoms with E-state index in [1.807, 2.05) is 102 Å². The first-order valence-corrected chi connectivity index (χ1v) is 14.4. The van der Waals surface area contributed by atoms with E-state index in [0.29, 0.717) is 37.3 Å². The number of allylic oxidation sites excluding steroid dienone is 5. The molecular formula is C37H35F3N2O3. The number of hydrogen-bond acceptors (Lipinski definition) is 4. The molecule has 0 unspecified atom stereocenters. The van der Waals surface area contributed by atoms with Crippen molar-refractivity contribution in [3.05, 3.63) is 149 Å². The average Bonchev–Trinajstić information content (AvgIpc) is 3.45. The number of aryl methyl sites for hydroxylation is 1. The number of halogens is 3. The van der Waals surface area contributed by atoms with Gasteiger partial charge in [-0.15, -0.1) is 0 Å². The van der Waals surface area contributed by atoms with E-state index in [1.54, 1.807) is 6.92 Å². The monoisotopic (exact) mass is 612 g/mol. The van der Waals surface area contributed by atoms with Gasteiger partial charge in [0.05, 0.1) is 30.6 Å². The van der Waals surface area contributed by atoms with Crippen molar-refractivity contribution in [1.29, 1.82) is 0 Å². The molecule has 0 spiro atoms. The summed E-state index contributed by atoms with van der Waals surface area (Å²) in [6, 6.07) is 27.3. The lowest BCUT2D eigenvalue weighted by atomic mass is 10.1. The number of ether oxygens (including phenoxy) is 2. The zero-order chi connectivity index (χ0) is 32.2. The largest absolute Gasteiger partial charge is 0.489 e. The second-order valence-electron chi connectivity index (χ2n) is 10.4. The summed E-state index contributed by atoms with van der Waals surface area (Å²) < 4.78 is 51.9. The van der Waals surface area contributed by atoms with E-state index in [2.05, 4.69) is 11.3 Å². The Morgan fingerprint density at radius 3 is 2.22 bits per heavy atom. The number of methoxy groups -OCH3 is 1. The van der Waals surface area contributed by atoms with E-state index in [9.17, 15) is 18.0 Å². The van der Waals surface area contributed by atoms with Crippen LogP contribution in [0.2, 0.25) is 0 Å². The van der Waals surface area contributed by atoms with E-state index >= 15 is 0 Å². The standard InChI is InChI=1S/C37H35F3N2O3/c1-4-32(37(38,39)40)19-10-27(2)35-24-33(20-15-28-8-6-5-7-9-28)42(41-35)25-30-11-13-31(14-12-30)26-45-34-21-16-29(17-22-34)18-23-36(43)44-3/h4-17,19-22,24H,1,18,23,25-26H2,2-3H3/b20-15+,27-10+,32-19+. The van der Waals surface area contributed by atoms with Crippen molar-refractivity contribution in [2.24, 2.45) is 0 Å². The highest BCUT2D eigenvalue weighted by molar-refractivity contribution is 5.71. The predicted molar refractivity (Wildman–Crippen MR) is 172 cm³/mol. The van der Waals surface area contributed by atoms with Crippen LogP contribution in [0.5, 0.6) is 5.75 Å². The normalized spacial score (nSPS) is 12.4. The van der Waals surface area contributed by atoms with Gasteiger partial charge in [-0.05, 0) is 71.5 Å². The summed E-state index contributed by atoms with van der Waals surface area (Å²) in [7, 11) is 1.38. The van der Waals surface area contributed by atoms with Gasteiger partial charge in [-0.1, -0.05) is 91.5 Å². The van der Waals surface area contributed by atoms with Crippen LogP contribution in [-0.2, 0) is 29.1 Å². The fourth-order valence-electron chi connectivity index (χ4n) is 4.39. The van der Waals surface area contributed by atoms with Gasteiger partial charge in [0.15, 0.2) is 0 Å². The maximum Gasteiger partial charge on any atom is 0.416 e. The molecular weight excluding hydrogens is 577 g/mol. The molecule has 0 saturated heterocycles. The minimum Gasteiger partial charge on any atom is -0.489 e. The van der Waals surface area contributed by atoms with Gasteiger partial charge in [-0.25, -0.2) is 0 Å². The Balaban J connectivity index is 1.47. The number of carbonyl (C=O) groups is 1. The molecule has 1 heterocycles. The molecule has 4 aromatic rings. The van der Waals surface area contributed by atoms with E-state index in [1.165, 1.54) is 13.2 Å². The van der Waals surface area contributed by atoms with Crippen LogP contribution in [0, 0.1) is 0 Å². The van der Waals surface area contributed by atoms with E-state index in [0.717, 1.165) is 45.8 Å². The fourth-order valence-corrected chi connectivity index (χ4v) is 4.39. The van der Waals surface area contributed by atoms with Crippen LogP contribution in [0.25, 0.3) is 17.7 Å². The molecule has 0 radical (unpaired) electrons. The fraction of sp³-hybridized carbons (Fsp3) is 0.189. The van der Waals surface area contributed by atoms with Gasteiger partial charge >= 0.3 is 12.1 Å². The summed E-state index contributed by atoms with van der Waals surface area (Å²) in [5.41, 5.74) is 5.21. The molecule has 0 bridgehead atoms. The second-order valence-corrected chi connectivity index (χ2v) is 10.4. The molecule has 0 aliphatic carbocycles. The molecule has 45 heavy (non-hydrogen) atoms. The first-order valence-electron chi connectivity index (χ1n) is 14.4. The third-order valence-electron chi connectivity index (χ3n) is 7.05. The Kier molecular flexibility index (Phi) is 11.3. The number of carbonyl (C=O) groups excluding carboxylic acids is 1. The maximum absolute atomic E-state index is 13.2. The first-order chi connectivity index (χ1) is 21.6. The van der Waals surface area contributed by atoms with Crippen LogP contribution >= 0.6 is 0 Å². The molecule has 4 rings (SSSR count). The van der Waals surface area contributed by atoms with Crippen LogP contribution in [0.15, 0.2) is 115 Å². The van der Waals surface area contributed by atoms with Crippen molar-refractivity contribution in [3.63, 3.8) is 0 Å². The van der Waals surface area contributed by atoms with Crippen molar-refractivity contribution in [2.45, 2.75) is 39.1 Å². The van der Waals surface area contributed by atoms with Gasteiger partial charge in [0.25, 0.3) is 0 Å². The number of aromatic nitrogens is 2. The number of alkyl halides is 3. The Morgan fingerprint density at radius 1 is 0.911 bits per heavy atom. The number of hydrogen-bond donors (Lipinski definition) is 0. The lowest BCUT2D eigenvalue weighted by molar-refractivity contribution is -0.140. The van der Waals surface area contributed by atoms with Crippen molar-refractivity contribution >= 4 is 23.7 Å². The van der Waals surface area contributed by atoms with Gasteiger partial charge in [0.1, 0.15) is 12.4 Å². The van der Waals surface area contributed by atoms with Crippen molar-refractivity contribution in [2.75, 3.05) is 7.11 Å². The molecule has 232 valence electrons. The number of nitrogens with zero attached hydrogens (tertiary/aromatic N) is 2. The molecule has 0 aliphatic rings. The second kappa shape index (κ2) is 15.6. The van der Waals surface area contributed by atoms with Crippen molar-refractivity contribution in [3.8, 4) is 5.75 Å². The van der Waals surface area contributed by atoms with Crippen LogP contribution in [0.3, 0.4) is 0 Å². The molecule has 0 fully saturated rings. The third kappa shape index (κ3) is 9.96. The molecule has 0 atom stereocenters. The minimum atomic E-state index is -4.48. The number of benzene rings is 3. The Hall–Kier alpha value is -5.11. The highest BCUT2D eigenvalue weighted by Gasteiger charge is 2.30. The van der Waals surface area contributed by atoms with Gasteiger partial charge in [-0.3, -0.25) is 9.48 Å². The van der Waals surface area contributed by atoms with Crippen LogP contribution < -0.4 is 4.74 Å². The van der Waals surface area contributed by atoms with Crippen molar-refractivity contribution < 1.29 is 27.4 Å². The summed E-state index contributed by atoms with van der Waals surface area (Å²) >= 11 is 0. The molecule has 5 nitrogen and oxygen atoms in total. The van der Waals surface area contributed by atoms with E-state index in [4.69, 9.17) is 9.84 Å². The Bertz CT molecular complexity index is 1660. The van der Waals surface area contributed by atoms with Crippen LogP contribution in [0.4, 0.5) is 13.2 Å². The predicted octanol–water partition coefficient (Wildman–Crippen LogP) is 8.86. The SMILES string of the molecule is C=C/C(=C\C=C(/C)c1cc(/C=C/c2ccccc2)n(Cc2ccc(COc3ccc(CCC(=O)OC)cc3)cc2)n1)C(F)(F)F. The van der Waals surface area contributed by atoms with E-state index < -0.39 is 11.7 Å². The minimum absolute atomic E-state index is 0.238. The topological polar surface area (TPSA) is 53.4 Å². The lowest BCUT2D eigenvalue weighted by Gasteiger charge is -2.09. The average molecular weight is 613 g/mol. The maximum atomic E-state index is 13.2. The molecule has 0 saturated carbocycles. The zero-order valence-electron chi connectivity index (χ0n) is 25.3. The molecule has 0 aliphatic heterocycles. The third-order valence-corrected chi connectivity index (χ3v) is 7.05. The summed E-state index contributed by atoms with van der Waals surface area (Å²) in [5.74, 6) is 0.492. The van der Waals surface area contributed by atoms with Crippen LogP contribution in [0.1, 0.15) is 47.0 Å². The molecule has 3 aromatic carbocycles. The van der Waals surface area contributed by atoms with Crippen LogP contribution in [-0.4, -0.2) is 29.0 Å². The van der Waals surface area contributed by atoms with E-state index in [-0.39, 0.29) is 5.97 Å². The quantitative estimate of drug-likeness (QED) is 0.112. The smallest absolute Gasteiger partial charge is 0.416 e. The highest BCUT2D eigenvalue weighted by Crippen LogP contribution is 2.27. The van der Waals surface area contributed by atoms with Gasteiger partial charge in [0, 0.05) is 6.42 Å². The Morgan fingerprint density at radius 2 is 1.58 bits per heavy atom. The molecule has 0 amide bonds. The lowest BCUT2D eigenvalue weighted by Crippen LogP contribution is -2.09. The number of esters is 1. The summed E-state index contributed by atoms with van der Waals surface area (Å²) in [5, 5.41) is 4.73. The number of rotatable bonds is 13. The van der Waals surface area contributed by atoms with Gasteiger partial charge < -0.3 is 9.47 Å². The zero-order valence-corrected chi connectivity index (χ0v) is 25.3. The molecule has 1 aromatic heterocycles. The molecule has 0 N–H and O–H groups in total. The first kappa shape index (κ1) is 32.8. The summed E-state index contributed by atoms with van der Waals surface area (Å²) in [6.45, 7) is 5.86. The van der Waals surface area contributed by atoms with Gasteiger partial charge in [-0.2, -0.15) is 18.3 Å². The highest BCUT2D eigenvalue weighted by atomic mass is 19.4. The van der Waals surface area contributed by atoms with Crippen molar-refractivity contribution in [1.82, 2.24) is 9.78 Å². The van der Waals surface area contributed by atoms with Gasteiger partial charge in [0.2, 0.25) is 0 Å². The summed E-state index contributed by atoms with van der Waals surface area (Å²) in [4.78, 5) is 11.4. The summed E-state index contributed by atoms with van der Waals surface area (Å²) in [6.07, 6.45) is 3.61. The molecule has 8 heteroatoms. The Labute approximate surface area is 261 Å².